The predicted octanol–water partition coefficient (Wildman–Crippen LogP) is 10.7. The molecule has 18 heteroatoms. The fourth-order valence-corrected chi connectivity index (χ4v) is 7.25. The van der Waals surface area contributed by atoms with Crippen LogP contribution in [0.1, 0.15) is 79.1 Å². The van der Waals surface area contributed by atoms with Crippen molar-refractivity contribution in [3.8, 4) is 0 Å². The second-order valence-corrected chi connectivity index (χ2v) is 15.1. The van der Waals surface area contributed by atoms with Crippen molar-refractivity contribution in [2.24, 2.45) is 0 Å². The lowest BCUT2D eigenvalue weighted by Gasteiger charge is -2.43. The molecule has 0 N–H and O–H groups in total. The summed E-state index contributed by atoms with van der Waals surface area (Å²) in [6.45, 7) is 7.15. The zero-order chi connectivity index (χ0) is 43.6. The van der Waals surface area contributed by atoms with Gasteiger partial charge >= 0.3 is 24.6 Å². The normalized spacial score (nSPS) is 16.6. The lowest BCUT2D eigenvalue weighted by Crippen LogP contribution is -2.47. The molecular weight excluding hydrogens is 805 g/mol. The largest absolute Gasteiger partial charge is 0.446 e. The van der Waals surface area contributed by atoms with Crippen LogP contribution in [0.4, 0.5) is 55.9 Å². The Balaban J connectivity index is 1.44. The Morgan fingerprint density at radius 3 is 1.80 bits per heavy atom. The van der Waals surface area contributed by atoms with Crippen LogP contribution in [0.15, 0.2) is 97.1 Å². The van der Waals surface area contributed by atoms with E-state index < -0.39 is 71.6 Å². The minimum Gasteiger partial charge on any atom is -0.446 e. The zero-order valence-electron chi connectivity index (χ0n) is 32.9. The molecule has 1 aliphatic heterocycles. The van der Waals surface area contributed by atoms with Crippen LogP contribution in [0.2, 0.25) is 0 Å². The number of nitrogens with zero attached hydrogens (tertiary/aromatic N) is 7. The van der Waals surface area contributed by atoms with Crippen molar-refractivity contribution >= 4 is 17.7 Å². The maximum Gasteiger partial charge on any atom is 0.416 e. The van der Waals surface area contributed by atoms with E-state index >= 15 is 0 Å². The molecule has 0 radical (unpaired) electrons. The van der Waals surface area contributed by atoms with Crippen molar-refractivity contribution in [3.05, 3.63) is 136 Å². The van der Waals surface area contributed by atoms with Gasteiger partial charge in [-0.3, -0.25) is 9.80 Å². The lowest BCUT2D eigenvalue weighted by molar-refractivity contribution is -0.143. The molecule has 320 valence electrons. The molecule has 5 aromatic rings. The van der Waals surface area contributed by atoms with Gasteiger partial charge < -0.3 is 9.64 Å². The van der Waals surface area contributed by atoms with Gasteiger partial charge in [-0.15, -0.1) is 5.10 Å². The van der Waals surface area contributed by atoms with Crippen molar-refractivity contribution in [1.82, 2.24) is 25.1 Å². The van der Waals surface area contributed by atoms with Crippen LogP contribution in [-0.2, 0) is 49.4 Å². The number of hydrogen-bond acceptors (Lipinski definition) is 7. The molecule has 0 aliphatic carbocycles. The van der Waals surface area contributed by atoms with Crippen LogP contribution >= 0.6 is 0 Å². The number of carbonyl (C=O) groups is 1. The summed E-state index contributed by atoms with van der Waals surface area (Å²) in [6, 6.07) is 20.8. The molecule has 0 saturated heterocycles. The number of anilines is 2. The molecule has 3 atom stereocenters. The fraction of sp³-hybridized carbons (Fsp3) is 0.381. The van der Waals surface area contributed by atoms with Gasteiger partial charge in [0.1, 0.15) is 0 Å². The molecule has 0 fully saturated rings. The highest BCUT2D eigenvalue weighted by atomic mass is 19.4. The number of rotatable bonds is 12. The monoisotopic (exact) mass is 847 g/mol. The summed E-state index contributed by atoms with van der Waals surface area (Å²) in [6.07, 6.45) is -16.8. The molecular formula is C42H42F9N7O2. The quantitative estimate of drug-likeness (QED) is 0.116. The first kappa shape index (κ1) is 43.9. The number of aromatic nitrogens is 4. The smallest absolute Gasteiger partial charge is 0.416 e. The molecule has 4 aromatic carbocycles. The Kier molecular flexibility index (Phi) is 12.8. The summed E-state index contributed by atoms with van der Waals surface area (Å²) >= 11 is 0. The third-order valence-corrected chi connectivity index (χ3v) is 10.1. The van der Waals surface area contributed by atoms with Crippen molar-refractivity contribution in [3.63, 3.8) is 0 Å². The average molecular weight is 848 g/mol. The zero-order valence-corrected chi connectivity index (χ0v) is 32.9. The second-order valence-electron chi connectivity index (χ2n) is 15.1. The number of halogens is 9. The highest BCUT2D eigenvalue weighted by Gasteiger charge is 2.42. The topological polar surface area (TPSA) is 79.6 Å². The Hall–Kier alpha value is -5.65. The predicted molar refractivity (Wildman–Crippen MR) is 204 cm³/mol. The number of hydrogen-bond donors (Lipinski definition) is 0. The van der Waals surface area contributed by atoms with Gasteiger partial charge in [-0.2, -0.15) is 44.3 Å². The van der Waals surface area contributed by atoms with E-state index in [1.54, 1.807) is 20.8 Å². The van der Waals surface area contributed by atoms with Crippen LogP contribution in [0.25, 0.3) is 0 Å². The van der Waals surface area contributed by atoms with E-state index in [9.17, 15) is 44.3 Å². The summed E-state index contributed by atoms with van der Waals surface area (Å²) in [5, 5.41) is 12.9. The maximum atomic E-state index is 14.3. The van der Waals surface area contributed by atoms with Crippen molar-refractivity contribution in [1.29, 1.82) is 0 Å². The lowest BCUT2D eigenvalue weighted by atomic mass is 9.89. The highest BCUT2D eigenvalue weighted by molar-refractivity contribution is 5.90. The second kappa shape index (κ2) is 17.5. The average Bonchev–Trinajstić information content (AvgIpc) is 3.63. The van der Waals surface area contributed by atoms with Crippen molar-refractivity contribution in [2.45, 2.75) is 103 Å². The Bertz CT molecular complexity index is 2160. The van der Waals surface area contributed by atoms with Crippen LogP contribution in [-0.4, -0.2) is 49.4 Å². The third-order valence-electron chi connectivity index (χ3n) is 10.1. The number of ether oxygens (including phenoxy) is 1. The molecule has 1 amide bonds. The van der Waals surface area contributed by atoms with Crippen molar-refractivity contribution in [2.75, 3.05) is 9.80 Å². The molecule has 1 aromatic heterocycles. The standard InChI is InChI=1S/C42H42F9N7O2/c1-26(2)60-39(59)58-27(3)17-37(35-21-32(40(43,44)45)15-16-36(35)58)56(25-31-18-33(41(46,47)48)20-34(19-31)42(49,50)51)38-52-54-57(53-38)22-28(4)55(23-29-11-7-5-8-12-29)24-30-13-9-6-10-14-30/h5-16,18-21,26-28,37H,17,22-25H2,1-4H3/t27?,28-,37?/m0/s1. The van der Waals surface area contributed by atoms with Gasteiger partial charge in [0.15, 0.2) is 0 Å². The van der Waals surface area contributed by atoms with Gasteiger partial charge in [-0.05, 0) is 98.0 Å². The first-order chi connectivity index (χ1) is 28.2. The molecule has 1 aliphatic rings. The van der Waals surface area contributed by atoms with Crippen LogP contribution in [0.3, 0.4) is 0 Å². The van der Waals surface area contributed by atoms with Gasteiger partial charge in [0.25, 0.3) is 5.95 Å². The Morgan fingerprint density at radius 1 is 0.733 bits per heavy atom. The molecule has 60 heavy (non-hydrogen) atoms. The molecule has 0 saturated carbocycles. The Labute approximate surface area is 340 Å². The number of tetrazole rings is 1. The minimum absolute atomic E-state index is 0.000836. The molecule has 9 nitrogen and oxygen atoms in total. The summed E-state index contributed by atoms with van der Waals surface area (Å²) in [5.74, 6) is -0.274. The minimum atomic E-state index is -5.17. The van der Waals surface area contributed by atoms with Gasteiger partial charge in [0, 0.05) is 31.7 Å². The Morgan fingerprint density at radius 2 is 1.28 bits per heavy atom. The fourth-order valence-electron chi connectivity index (χ4n) is 7.25. The third kappa shape index (κ3) is 10.6. The highest BCUT2D eigenvalue weighted by Crippen LogP contribution is 2.45. The van der Waals surface area contributed by atoms with Crippen LogP contribution in [0.5, 0.6) is 0 Å². The van der Waals surface area contributed by atoms with E-state index in [4.69, 9.17) is 4.74 Å². The number of amides is 1. The van der Waals surface area contributed by atoms with Gasteiger partial charge in [-0.25, -0.2) is 4.79 Å². The summed E-state index contributed by atoms with van der Waals surface area (Å²) < 4.78 is 133. The van der Waals surface area contributed by atoms with Crippen LogP contribution < -0.4 is 9.80 Å². The first-order valence-electron chi connectivity index (χ1n) is 19.0. The number of fused-ring (bicyclic) bond motifs is 1. The molecule has 2 heterocycles. The molecule has 6 rings (SSSR count). The number of benzene rings is 4. The van der Waals surface area contributed by atoms with Gasteiger partial charge in [0.2, 0.25) is 0 Å². The number of carbonyl (C=O) groups excluding carboxylic acids is 1. The van der Waals surface area contributed by atoms with E-state index in [2.05, 4.69) is 20.3 Å². The number of alkyl halides is 9. The maximum absolute atomic E-state index is 14.3. The van der Waals surface area contributed by atoms with E-state index in [1.807, 2.05) is 67.6 Å². The van der Waals surface area contributed by atoms with E-state index in [-0.39, 0.29) is 42.3 Å². The molecule has 0 spiro atoms. The van der Waals surface area contributed by atoms with Gasteiger partial charge in [0.05, 0.1) is 41.1 Å². The summed E-state index contributed by atoms with van der Waals surface area (Å²) in [7, 11) is 0. The molecule has 2 unspecified atom stereocenters. The first-order valence-corrected chi connectivity index (χ1v) is 19.0. The molecule has 0 bridgehead atoms. The SMILES string of the molecule is CC(C)OC(=O)N1c2ccc(C(F)(F)F)cc2C(N(Cc2cc(C(F)(F)F)cc(C(F)(F)F)c2)c2nnn(C[C@H](C)N(Cc3ccccc3)Cc3ccccc3)n2)CC1C. The summed E-state index contributed by atoms with van der Waals surface area (Å²) in [5.41, 5.74) is -2.78. The van der Waals surface area contributed by atoms with Crippen molar-refractivity contribution < 1.29 is 49.0 Å². The van der Waals surface area contributed by atoms with Gasteiger partial charge in [-0.1, -0.05) is 65.8 Å². The summed E-state index contributed by atoms with van der Waals surface area (Å²) in [4.78, 5) is 19.2. The van der Waals surface area contributed by atoms with E-state index in [0.717, 1.165) is 29.3 Å². The van der Waals surface area contributed by atoms with Crippen LogP contribution in [0, 0.1) is 0 Å². The van der Waals surface area contributed by atoms with E-state index in [1.165, 1.54) is 14.6 Å². The van der Waals surface area contributed by atoms with E-state index in [0.29, 0.717) is 25.2 Å².